The molecule has 1 unspecified atom stereocenters. The van der Waals surface area contributed by atoms with Crippen molar-refractivity contribution in [3.63, 3.8) is 0 Å². The molecule has 5 heteroatoms. The number of benzene rings is 1. The zero-order chi connectivity index (χ0) is 13.3. The van der Waals surface area contributed by atoms with Crippen molar-refractivity contribution in [2.45, 2.75) is 18.9 Å². The number of hydrogen-bond acceptors (Lipinski definition) is 4. The summed E-state index contributed by atoms with van der Waals surface area (Å²) < 4.78 is 10.6. The molecule has 0 radical (unpaired) electrons. The quantitative estimate of drug-likeness (QED) is 0.882. The lowest BCUT2D eigenvalue weighted by atomic mass is 9.87. The third kappa shape index (κ3) is 2.13. The molecule has 1 aliphatic heterocycles. The minimum atomic E-state index is -0.830. The molecule has 0 saturated heterocycles. The van der Waals surface area contributed by atoms with Gasteiger partial charge in [-0.3, -0.25) is 9.69 Å². The van der Waals surface area contributed by atoms with E-state index in [0.717, 1.165) is 5.56 Å². The molecule has 98 valence electrons. The first-order valence-electron chi connectivity index (χ1n) is 5.73. The zero-order valence-electron chi connectivity index (χ0n) is 10.8. The standard InChI is InChI=1S/C13H17NO4/c1-13(14(2)3,7-12(15)16)9-4-5-10-11(6-9)18-8-17-10/h4-6H,7-8H2,1-3H3,(H,15,16). The zero-order valence-corrected chi connectivity index (χ0v) is 10.8. The van der Waals surface area contributed by atoms with Gasteiger partial charge in [0.05, 0.1) is 12.0 Å². The number of rotatable bonds is 4. The normalized spacial score (nSPS) is 16.7. The summed E-state index contributed by atoms with van der Waals surface area (Å²) in [5.74, 6) is 0.546. The van der Waals surface area contributed by atoms with Crippen molar-refractivity contribution in [1.29, 1.82) is 0 Å². The Kier molecular flexibility index (Phi) is 3.17. The number of carboxylic acids is 1. The molecule has 0 saturated carbocycles. The Hall–Kier alpha value is -1.75. The number of carboxylic acid groups (broad SMARTS) is 1. The maximum atomic E-state index is 11.0. The average Bonchev–Trinajstić information content (AvgIpc) is 2.74. The van der Waals surface area contributed by atoms with E-state index in [-0.39, 0.29) is 13.2 Å². The van der Waals surface area contributed by atoms with Crippen molar-refractivity contribution in [2.75, 3.05) is 20.9 Å². The Bertz CT molecular complexity index is 472. The lowest BCUT2D eigenvalue weighted by Gasteiger charge is -2.35. The minimum absolute atomic E-state index is 0.0274. The van der Waals surface area contributed by atoms with Gasteiger partial charge in [-0.2, -0.15) is 0 Å². The maximum Gasteiger partial charge on any atom is 0.305 e. The van der Waals surface area contributed by atoms with Crippen molar-refractivity contribution >= 4 is 5.97 Å². The molecule has 0 spiro atoms. The van der Waals surface area contributed by atoms with Crippen molar-refractivity contribution in [3.05, 3.63) is 23.8 Å². The molecular formula is C13H17NO4. The van der Waals surface area contributed by atoms with E-state index in [0.29, 0.717) is 11.5 Å². The predicted octanol–water partition coefficient (Wildman–Crippen LogP) is 1.67. The predicted molar refractivity (Wildman–Crippen MR) is 65.9 cm³/mol. The topological polar surface area (TPSA) is 59.0 Å². The molecule has 0 amide bonds. The molecule has 0 bridgehead atoms. The maximum absolute atomic E-state index is 11.0. The monoisotopic (exact) mass is 251 g/mol. The van der Waals surface area contributed by atoms with Crippen LogP contribution in [0.5, 0.6) is 11.5 Å². The molecule has 2 rings (SSSR count). The van der Waals surface area contributed by atoms with Crippen LogP contribution in [-0.2, 0) is 10.3 Å². The van der Waals surface area contributed by atoms with Gasteiger partial charge in [0.15, 0.2) is 11.5 Å². The van der Waals surface area contributed by atoms with Crippen molar-refractivity contribution in [1.82, 2.24) is 4.90 Å². The number of fused-ring (bicyclic) bond motifs is 1. The summed E-state index contributed by atoms with van der Waals surface area (Å²) in [6, 6.07) is 5.56. The van der Waals surface area contributed by atoms with E-state index in [4.69, 9.17) is 14.6 Å². The van der Waals surface area contributed by atoms with Crippen LogP contribution in [0.1, 0.15) is 18.9 Å². The van der Waals surface area contributed by atoms with Gasteiger partial charge >= 0.3 is 5.97 Å². The van der Waals surface area contributed by atoms with E-state index in [2.05, 4.69) is 0 Å². The highest BCUT2D eigenvalue weighted by atomic mass is 16.7. The third-order valence-electron chi connectivity index (χ3n) is 3.48. The number of ether oxygens (including phenoxy) is 2. The van der Waals surface area contributed by atoms with Crippen LogP contribution in [-0.4, -0.2) is 36.9 Å². The fourth-order valence-corrected chi connectivity index (χ4v) is 2.04. The minimum Gasteiger partial charge on any atom is -0.481 e. The average molecular weight is 251 g/mol. The van der Waals surface area contributed by atoms with Gasteiger partial charge < -0.3 is 14.6 Å². The van der Waals surface area contributed by atoms with E-state index in [9.17, 15) is 4.79 Å². The summed E-state index contributed by atoms with van der Waals surface area (Å²) >= 11 is 0. The van der Waals surface area contributed by atoms with Crippen LogP contribution in [0.15, 0.2) is 18.2 Å². The molecule has 1 heterocycles. The van der Waals surface area contributed by atoms with Crippen molar-refractivity contribution in [3.8, 4) is 11.5 Å². The number of hydrogen-bond donors (Lipinski definition) is 1. The second kappa shape index (κ2) is 4.49. The van der Waals surface area contributed by atoms with Gasteiger partial charge in [-0.25, -0.2) is 0 Å². The van der Waals surface area contributed by atoms with Crippen LogP contribution in [0.4, 0.5) is 0 Å². The lowest BCUT2D eigenvalue weighted by Crippen LogP contribution is -2.40. The first-order chi connectivity index (χ1) is 8.43. The fourth-order valence-electron chi connectivity index (χ4n) is 2.04. The molecule has 0 aliphatic carbocycles. The Morgan fingerprint density at radius 2 is 2.06 bits per heavy atom. The summed E-state index contributed by atoms with van der Waals surface area (Å²) in [6.45, 7) is 2.12. The molecule has 1 aliphatic rings. The summed E-state index contributed by atoms with van der Waals surface area (Å²) in [5, 5.41) is 9.07. The molecular weight excluding hydrogens is 234 g/mol. The summed E-state index contributed by atoms with van der Waals surface area (Å²) in [6.07, 6.45) is 0.0274. The van der Waals surface area contributed by atoms with Gasteiger partial charge in [-0.15, -0.1) is 0 Å². The Morgan fingerprint density at radius 3 is 2.67 bits per heavy atom. The first kappa shape index (κ1) is 12.7. The Balaban J connectivity index is 2.39. The first-order valence-corrected chi connectivity index (χ1v) is 5.73. The number of aliphatic carboxylic acids is 1. The molecule has 1 aromatic rings. The van der Waals surface area contributed by atoms with Gasteiger partial charge in [0, 0.05) is 0 Å². The fraction of sp³-hybridized carbons (Fsp3) is 0.462. The van der Waals surface area contributed by atoms with E-state index in [1.165, 1.54) is 0 Å². The molecule has 5 nitrogen and oxygen atoms in total. The lowest BCUT2D eigenvalue weighted by molar-refractivity contribution is -0.140. The highest BCUT2D eigenvalue weighted by Gasteiger charge is 2.33. The molecule has 1 N–H and O–H groups in total. The Labute approximate surface area is 106 Å². The van der Waals surface area contributed by atoms with Crippen LogP contribution in [0.3, 0.4) is 0 Å². The van der Waals surface area contributed by atoms with Crippen LogP contribution in [0.2, 0.25) is 0 Å². The van der Waals surface area contributed by atoms with Gasteiger partial charge in [0.25, 0.3) is 0 Å². The van der Waals surface area contributed by atoms with Crippen LogP contribution in [0, 0.1) is 0 Å². The van der Waals surface area contributed by atoms with Crippen LogP contribution in [0.25, 0.3) is 0 Å². The van der Waals surface area contributed by atoms with Crippen molar-refractivity contribution in [2.24, 2.45) is 0 Å². The second-order valence-corrected chi connectivity index (χ2v) is 4.81. The van der Waals surface area contributed by atoms with Gasteiger partial charge in [-0.1, -0.05) is 6.07 Å². The molecule has 18 heavy (non-hydrogen) atoms. The highest BCUT2D eigenvalue weighted by Crippen LogP contribution is 2.38. The molecule has 0 fully saturated rings. The molecule has 0 aromatic heterocycles. The number of nitrogens with zero attached hydrogens (tertiary/aromatic N) is 1. The van der Waals surface area contributed by atoms with Crippen molar-refractivity contribution < 1.29 is 19.4 Å². The summed E-state index contributed by atoms with van der Waals surface area (Å²) in [7, 11) is 3.74. The highest BCUT2D eigenvalue weighted by molar-refractivity contribution is 5.69. The van der Waals surface area contributed by atoms with Crippen LogP contribution >= 0.6 is 0 Å². The molecule has 1 aromatic carbocycles. The Morgan fingerprint density at radius 1 is 1.39 bits per heavy atom. The van der Waals surface area contributed by atoms with Gasteiger partial charge in [-0.05, 0) is 38.7 Å². The summed E-state index contributed by atoms with van der Waals surface area (Å²) in [5.41, 5.74) is 0.325. The molecule has 1 atom stereocenters. The largest absolute Gasteiger partial charge is 0.481 e. The van der Waals surface area contributed by atoms with E-state index < -0.39 is 11.5 Å². The van der Waals surface area contributed by atoms with E-state index >= 15 is 0 Å². The third-order valence-corrected chi connectivity index (χ3v) is 3.48. The van der Waals surface area contributed by atoms with E-state index in [1.807, 2.05) is 44.1 Å². The van der Waals surface area contributed by atoms with E-state index in [1.54, 1.807) is 0 Å². The second-order valence-electron chi connectivity index (χ2n) is 4.81. The SMILES string of the molecule is CN(C)C(C)(CC(=O)O)c1ccc2c(c1)OCO2. The summed E-state index contributed by atoms with van der Waals surface area (Å²) in [4.78, 5) is 12.9. The van der Waals surface area contributed by atoms with Gasteiger partial charge in [0.1, 0.15) is 0 Å². The van der Waals surface area contributed by atoms with Crippen LogP contribution < -0.4 is 9.47 Å². The smallest absolute Gasteiger partial charge is 0.305 e. The van der Waals surface area contributed by atoms with Gasteiger partial charge in [0.2, 0.25) is 6.79 Å². The number of carbonyl (C=O) groups is 1.